The first-order chi connectivity index (χ1) is 8.24. The number of aliphatic hydroxyl groups is 1. The van der Waals surface area contributed by atoms with Crippen molar-refractivity contribution in [1.29, 1.82) is 0 Å². The molecule has 0 saturated carbocycles. The van der Waals surface area contributed by atoms with E-state index in [2.05, 4.69) is 4.74 Å². The fraction of sp³-hybridized carbons (Fsp3) is 0.417. The molecule has 0 fully saturated rings. The minimum Gasteiger partial charge on any atom is -0.462 e. The molecule has 1 aromatic rings. The van der Waals surface area contributed by atoms with Gasteiger partial charge in [0.1, 0.15) is 19.4 Å². The Labute approximate surface area is 100 Å². The van der Waals surface area contributed by atoms with Crippen LogP contribution in [0.15, 0.2) is 30.3 Å². The van der Waals surface area contributed by atoms with Crippen LogP contribution in [-0.2, 0) is 20.7 Å². The van der Waals surface area contributed by atoms with Gasteiger partial charge in [-0.1, -0.05) is 30.3 Å². The Balaban J connectivity index is 2.27. The van der Waals surface area contributed by atoms with Gasteiger partial charge in [-0.2, -0.15) is 0 Å². The van der Waals surface area contributed by atoms with Gasteiger partial charge < -0.3 is 20.3 Å². The van der Waals surface area contributed by atoms with Gasteiger partial charge in [-0.3, -0.25) is 4.79 Å². The number of rotatable bonds is 7. The third-order valence-corrected chi connectivity index (χ3v) is 2.16. The maximum Gasteiger partial charge on any atom is 0.323 e. The lowest BCUT2D eigenvalue weighted by molar-refractivity contribution is -0.147. The first kappa shape index (κ1) is 13.6. The van der Waals surface area contributed by atoms with Gasteiger partial charge in [-0.25, -0.2) is 0 Å². The molecule has 0 unspecified atom stereocenters. The molecular weight excluding hydrogens is 222 g/mol. The molecule has 94 valence electrons. The Bertz CT molecular complexity index is 329. The van der Waals surface area contributed by atoms with Gasteiger partial charge in [-0.15, -0.1) is 0 Å². The highest BCUT2D eigenvalue weighted by atomic mass is 16.6. The predicted octanol–water partition coefficient (Wildman–Crippen LogP) is 0.0660. The van der Waals surface area contributed by atoms with Crippen LogP contribution in [0.3, 0.4) is 0 Å². The second kappa shape index (κ2) is 7.78. The summed E-state index contributed by atoms with van der Waals surface area (Å²) in [7, 11) is 0. The molecule has 1 aromatic carbocycles. The van der Waals surface area contributed by atoms with Crippen LogP contribution < -0.4 is 5.73 Å². The van der Waals surface area contributed by atoms with Crippen LogP contribution in [0.2, 0.25) is 0 Å². The molecule has 0 aliphatic carbocycles. The van der Waals surface area contributed by atoms with E-state index in [1.165, 1.54) is 0 Å². The Kier molecular flexibility index (Phi) is 6.24. The summed E-state index contributed by atoms with van der Waals surface area (Å²) in [5.41, 5.74) is 6.69. The monoisotopic (exact) mass is 239 g/mol. The van der Waals surface area contributed by atoms with Gasteiger partial charge >= 0.3 is 5.97 Å². The van der Waals surface area contributed by atoms with Crippen LogP contribution in [0.5, 0.6) is 0 Å². The van der Waals surface area contributed by atoms with Crippen molar-refractivity contribution in [2.24, 2.45) is 5.73 Å². The number of carbonyl (C=O) groups is 1. The maximum absolute atomic E-state index is 11.4. The molecular formula is C12H17NO4. The van der Waals surface area contributed by atoms with Crippen molar-refractivity contribution in [2.75, 3.05) is 20.0 Å². The van der Waals surface area contributed by atoms with E-state index in [1.54, 1.807) is 0 Å². The lowest BCUT2D eigenvalue weighted by Gasteiger charge is -2.11. The molecule has 1 rings (SSSR count). The molecule has 5 nitrogen and oxygen atoms in total. The van der Waals surface area contributed by atoms with Crippen molar-refractivity contribution in [3.8, 4) is 0 Å². The summed E-state index contributed by atoms with van der Waals surface area (Å²) in [6.45, 7) is -0.115. The first-order valence-electron chi connectivity index (χ1n) is 5.38. The lowest BCUT2D eigenvalue weighted by atomic mass is 10.1. The largest absolute Gasteiger partial charge is 0.462 e. The average molecular weight is 239 g/mol. The number of carbonyl (C=O) groups excluding carboxylic acids is 1. The molecule has 0 radical (unpaired) electrons. The van der Waals surface area contributed by atoms with Crippen LogP contribution >= 0.6 is 0 Å². The van der Waals surface area contributed by atoms with Gasteiger partial charge in [0.2, 0.25) is 0 Å². The van der Waals surface area contributed by atoms with E-state index in [-0.39, 0.29) is 20.0 Å². The van der Waals surface area contributed by atoms with E-state index in [9.17, 15) is 4.79 Å². The van der Waals surface area contributed by atoms with Crippen LogP contribution in [0, 0.1) is 0 Å². The van der Waals surface area contributed by atoms with Crippen molar-refractivity contribution >= 4 is 5.97 Å². The third kappa shape index (κ3) is 5.44. The first-order valence-corrected chi connectivity index (χ1v) is 5.38. The second-order valence-corrected chi connectivity index (χ2v) is 3.50. The smallest absolute Gasteiger partial charge is 0.323 e. The zero-order valence-electron chi connectivity index (χ0n) is 9.54. The molecule has 3 N–H and O–H groups in total. The van der Waals surface area contributed by atoms with E-state index in [0.29, 0.717) is 6.42 Å². The van der Waals surface area contributed by atoms with E-state index in [0.717, 1.165) is 5.56 Å². The maximum atomic E-state index is 11.4. The number of aliphatic hydroxyl groups excluding tert-OH is 1. The number of benzene rings is 1. The van der Waals surface area contributed by atoms with Gasteiger partial charge in [0.05, 0.1) is 6.61 Å². The van der Waals surface area contributed by atoms with Gasteiger partial charge in [0.15, 0.2) is 0 Å². The summed E-state index contributed by atoms with van der Waals surface area (Å²) in [5, 5.41) is 8.35. The summed E-state index contributed by atoms with van der Waals surface area (Å²) >= 11 is 0. The highest BCUT2D eigenvalue weighted by Crippen LogP contribution is 2.02. The van der Waals surface area contributed by atoms with E-state index >= 15 is 0 Å². The van der Waals surface area contributed by atoms with Crippen LogP contribution in [-0.4, -0.2) is 37.1 Å². The number of hydrogen-bond donors (Lipinski definition) is 2. The summed E-state index contributed by atoms with van der Waals surface area (Å²) in [4.78, 5) is 11.4. The van der Waals surface area contributed by atoms with Crippen LogP contribution in [0.1, 0.15) is 5.56 Å². The topological polar surface area (TPSA) is 81.8 Å². The molecule has 0 amide bonds. The molecule has 0 heterocycles. The molecule has 0 aliphatic rings. The Morgan fingerprint density at radius 3 is 2.65 bits per heavy atom. The SMILES string of the molecule is N[C@@H](Cc1ccccc1)C(=O)OCCOCO. The highest BCUT2D eigenvalue weighted by molar-refractivity contribution is 5.75. The van der Waals surface area contributed by atoms with Gasteiger partial charge in [0, 0.05) is 0 Å². The zero-order valence-corrected chi connectivity index (χ0v) is 9.54. The summed E-state index contributed by atoms with van der Waals surface area (Å²) in [5.74, 6) is -0.463. The Morgan fingerprint density at radius 1 is 1.29 bits per heavy atom. The Morgan fingerprint density at radius 2 is 2.00 bits per heavy atom. The number of esters is 1. The summed E-state index contributed by atoms with van der Waals surface area (Å²) in [6, 6.07) is 8.82. The fourth-order valence-corrected chi connectivity index (χ4v) is 1.32. The summed E-state index contributed by atoms with van der Waals surface area (Å²) < 4.78 is 9.50. The minimum absolute atomic E-state index is 0.0991. The fourth-order valence-electron chi connectivity index (χ4n) is 1.32. The quantitative estimate of drug-likeness (QED) is 0.399. The minimum atomic E-state index is -0.675. The molecule has 0 spiro atoms. The van der Waals surface area contributed by atoms with Crippen molar-refractivity contribution in [1.82, 2.24) is 0 Å². The third-order valence-electron chi connectivity index (χ3n) is 2.16. The molecule has 0 aromatic heterocycles. The summed E-state index contributed by atoms with van der Waals surface area (Å²) in [6.07, 6.45) is 0.445. The van der Waals surface area contributed by atoms with Gasteiger partial charge in [0.25, 0.3) is 0 Å². The Hall–Kier alpha value is -1.43. The predicted molar refractivity (Wildman–Crippen MR) is 62.1 cm³/mol. The van der Waals surface area contributed by atoms with Crippen molar-refractivity contribution in [3.05, 3.63) is 35.9 Å². The zero-order chi connectivity index (χ0) is 12.5. The molecule has 0 saturated heterocycles. The highest BCUT2D eigenvalue weighted by Gasteiger charge is 2.15. The van der Waals surface area contributed by atoms with Gasteiger partial charge in [-0.05, 0) is 12.0 Å². The number of hydrogen-bond acceptors (Lipinski definition) is 5. The number of ether oxygens (including phenoxy) is 2. The van der Waals surface area contributed by atoms with Crippen LogP contribution in [0.25, 0.3) is 0 Å². The molecule has 1 atom stereocenters. The number of nitrogens with two attached hydrogens (primary N) is 1. The average Bonchev–Trinajstić information content (AvgIpc) is 2.35. The van der Waals surface area contributed by atoms with Crippen molar-refractivity contribution in [3.63, 3.8) is 0 Å². The second-order valence-electron chi connectivity index (χ2n) is 3.50. The van der Waals surface area contributed by atoms with E-state index < -0.39 is 12.0 Å². The molecule has 0 aliphatic heterocycles. The van der Waals surface area contributed by atoms with Crippen molar-refractivity contribution in [2.45, 2.75) is 12.5 Å². The molecule has 17 heavy (non-hydrogen) atoms. The lowest BCUT2D eigenvalue weighted by Crippen LogP contribution is -2.35. The standard InChI is InChI=1S/C12H17NO4/c13-11(8-10-4-2-1-3-5-10)12(15)17-7-6-16-9-14/h1-5,11,14H,6-9,13H2/t11-/m0/s1. The van der Waals surface area contributed by atoms with Crippen LogP contribution in [0.4, 0.5) is 0 Å². The molecule has 0 bridgehead atoms. The molecule has 5 heteroatoms. The van der Waals surface area contributed by atoms with Crippen molar-refractivity contribution < 1.29 is 19.4 Å². The van der Waals surface area contributed by atoms with E-state index in [1.807, 2.05) is 30.3 Å². The van der Waals surface area contributed by atoms with E-state index in [4.69, 9.17) is 15.6 Å². The normalized spacial score (nSPS) is 12.1.